The molecular formula is C12H13N7O5. The Morgan fingerprint density at radius 2 is 2.21 bits per heavy atom. The molecule has 0 radical (unpaired) electrons. The van der Waals surface area contributed by atoms with Crippen molar-refractivity contribution in [2.75, 3.05) is 6.61 Å². The van der Waals surface area contributed by atoms with Crippen molar-refractivity contribution in [1.82, 2.24) is 34.9 Å². The Morgan fingerprint density at radius 1 is 1.33 bits per heavy atom. The number of aromatic amines is 2. The first kappa shape index (κ1) is 14.7. The summed E-state index contributed by atoms with van der Waals surface area (Å²) in [5.41, 5.74) is -0.0455. The number of rotatable bonds is 4. The molecule has 1 saturated heterocycles. The van der Waals surface area contributed by atoms with Crippen molar-refractivity contribution < 1.29 is 19.7 Å². The maximum absolute atomic E-state index is 11.7. The zero-order chi connectivity index (χ0) is 16.7. The Morgan fingerprint density at radius 3 is 3.00 bits per heavy atom. The predicted molar refractivity (Wildman–Crippen MR) is 76.0 cm³/mol. The average molecular weight is 335 g/mol. The second-order valence-electron chi connectivity index (χ2n) is 5.22. The van der Waals surface area contributed by atoms with Crippen LogP contribution in [0.5, 0.6) is 5.88 Å². The molecule has 1 fully saturated rings. The smallest absolute Gasteiger partial charge is 0.278 e. The molecule has 0 unspecified atom stereocenters. The number of nitrogens with one attached hydrogen (secondary N) is 2. The van der Waals surface area contributed by atoms with Crippen LogP contribution in [0.2, 0.25) is 0 Å². The van der Waals surface area contributed by atoms with Crippen LogP contribution in [0.3, 0.4) is 0 Å². The number of imidazole rings is 1. The van der Waals surface area contributed by atoms with Crippen molar-refractivity contribution in [3.05, 3.63) is 29.2 Å². The summed E-state index contributed by atoms with van der Waals surface area (Å²) < 4.78 is 12.4. The Bertz CT molecular complexity index is 891. The van der Waals surface area contributed by atoms with Crippen molar-refractivity contribution >= 4 is 11.2 Å². The molecule has 4 atom stereocenters. The molecule has 1 aliphatic heterocycles. The predicted octanol–water partition coefficient (Wildman–Crippen LogP) is -2.06. The van der Waals surface area contributed by atoms with E-state index in [0.29, 0.717) is 0 Å². The van der Waals surface area contributed by atoms with Gasteiger partial charge in [-0.25, -0.2) is 9.97 Å². The number of nitrogens with zero attached hydrogens (tertiary/aromatic N) is 5. The normalized spacial score (nSPS) is 26.9. The third-order valence-corrected chi connectivity index (χ3v) is 3.76. The lowest BCUT2D eigenvalue weighted by molar-refractivity contribution is -0.0479. The summed E-state index contributed by atoms with van der Waals surface area (Å²) in [6.45, 7) is -0.0398. The number of fused-ring (bicyclic) bond motifs is 1. The third-order valence-electron chi connectivity index (χ3n) is 3.76. The lowest BCUT2D eigenvalue weighted by atomic mass is 10.1. The third kappa shape index (κ3) is 2.33. The molecule has 0 spiro atoms. The van der Waals surface area contributed by atoms with Crippen molar-refractivity contribution in [2.24, 2.45) is 0 Å². The van der Waals surface area contributed by atoms with E-state index in [4.69, 9.17) is 9.47 Å². The van der Waals surface area contributed by atoms with Crippen LogP contribution < -0.4 is 10.3 Å². The van der Waals surface area contributed by atoms with Crippen LogP contribution in [0.25, 0.3) is 11.2 Å². The average Bonchev–Trinajstić information content (AvgIpc) is 3.28. The van der Waals surface area contributed by atoms with Gasteiger partial charge in [0.05, 0.1) is 12.7 Å². The van der Waals surface area contributed by atoms with Crippen LogP contribution in [0.15, 0.2) is 23.6 Å². The van der Waals surface area contributed by atoms with Crippen LogP contribution >= 0.6 is 0 Å². The van der Waals surface area contributed by atoms with E-state index in [2.05, 4.69) is 30.4 Å². The van der Waals surface area contributed by atoms with Gasteiger partial charge in [0.2, 0.25) is 0 Å². The monoisotopic (exact) mass is 335 g/mol. The minimum Gasteiger partial charge on any atom is -0.473 e. The quantitative estimate of drug-likeness (QED) is 0.419. The second-order valence-corrected chi connectivity index (χ2v) is 5.22. The van der Waals surface area contributed by atoms with Gasteiger partial charge in [-0.15, -0.1) is 5.10 Å². The largest absolute Gasteiger partial charge is 0.473 e. The fourth-order valence-corrected chi connectivity index (χ4v) is 2.57. The molecule has 0 aliphatic carbocycles. The highest BCUT2D eigenvalue weighted by Crippen LogP contribution is 2.31. The van der Waals surface area contributed by atoms with E-state index in [1.165, 1.54) is 23.4 Å². The first-order chi connectivity index (χ1) is 11.6. The van der Waals surface area contributed by atoms with Gasteiger partial charge in [-0.2, -0.15) is 10.3 Å². The Kier molecular flexibility index (Phi) is 3.48. The van der Waals surface area contributed by atoms with Crippen LogP contribution in [-0.4, -0.2) is 70.1 Å². The molecule has 3 aromatic rings. The lowest BCUT2D eigenvalue weighted by Crippen LogP contribution is -2.34. The number of hydrogen-bond donors (Lipinski definition) is 4. The minimum atomic E-state index is -1.24. The molecule has 12 heteroatoms. The van der Waals surface area contributed by atoms with E-state index < -0.39 is 30.1 Å². The lowest BCUT2D eigenvalue weighted by Gasteiger charge is -2.16. The molecule has 0 saturated carbocycles. The summed E-state index contributed by atoms with van der Waals surface area (Å²) in [4.78, 5) is 22.1. The molecule has 0 bridgehead atoms. The van der Waals surface area contributed by atoms with Crippen LogP contribution in [-0.2, 0) is 4.74 Å². The van der Waals surface area contributed by atoms with Crippen molar-refractivity contribution in [3.8, 4) is 5.88 Å². The Hall–Kier alpha value is -2.83. The number of aromatic nitrogens is 7. The summed E-state index contributed by atoms with van der Waals surface area (Å²) in [7, 11) is 0. The first-order valence-electron chi connectivity index (χ1n) is 7.05. The number of hydrogen-bond acceptors (Lipinski definition) is 9. The molecule has 4 N–H and O–H groups in total. The topological polar surface area (TPSA) is 164 Å². The Balaban J connectivity index is 1.57. The molecule has 4 rings (SSSR count). The number of H-pyrrole nitrogens is 2. The van der Waals surface area contributed by atoms with E-state index >= 15 is 0 Å². The fraction of sp³-hybridized carbons (Fsp3) is 0.417. The number of ether oxygens (including phenoxy) is 2. The molecule has 12 nitrogen and oxygen atoms in total. The van der Waals surface area contributed by atoms with E-state index in [1.54, 1.807) is 0 Å². The van der Waals surface area contributed by atoms with Crippen LogP contribution in [0.1, 0.15) is 6.23 Å². The molecule has 0 aromatic carbocycles. The van der Waals surface area contributed by atoms with Crippen molar-refractivity contribution in [3.63, 3.8) is 0 Å². The molecule has 24 heavy (non-hydrogen) atoms. The van der Waals surface area contributed by atoms with Gasteiger partial charge in [0, 0.05) is 0 Å². The van der Waals surface area contributed by atoms with Gasteiger partial charge < -0.3 is 24.7 Å². The summed E-state index contributed by atoms with van der Waals surface area (Å²) in [6.07, 6.45) is -0.267. The zero-order valence-electron chi connectivity index (χ0n) is 12.1. The van der Waals surface area contributed by atoms with Gasteiger partial charge in [0.25, 0.3) is 11.4 Å². The van der Waals surface area contributed by atoms with Gasteiger partial charge in [-0.3, -0.25) is 9.36 Å². The Labute approximate surface area is 133 Å². The van der Waals surface area contributed by atoms with E-state index in [-0.39, 0.29) is 23.7 Å². The van der Waals surface area contributed by atoms with Crippen molar-refractivity contribution in [2.45, 2.75) is 24.5 Å². The van der Waals surface area contributed by atoms with Gasteiger partial charge in [-0.1, -0.05) is 0 Å². The van der Waals surface area contributed by atoms with Crippen molar-refractivity contribution in [1.29, 1.82) is 0 Å². The summed E-state index contributed by atoms with van der Waals surface area (Å²) in [5.74, 6) is 0.241. The molecule has 1 aliphatic rings. The van der Waals surface area contributed by atoms with Gasteiger partial charge in [0.1, 0.15) is 31.1 Å². The van der Waals surface area contributed by atoms with Gasteiger partial charge in [-0.05, 0) is 0 Å². The van der Waals surface area contributed by atoms with Gasteiger partial charge in [0.15, 0.2) is 17.4 Å². The number of aliphatic hydroxyl groups excluding tert-OH is 2. The summed E-state index contributed by atoms with van der Waals surface area (Å²) in [6, 6.07) is 0. The maximum atomic E-state index is 11.7. The van der Waals surface area contributed by atoms with Crippen LogP contribution in [0.4, 0.5) is 0 Å². The second kappa shape index (κ2) is 5.67. The minimum absolute atomic E-state index is 0.0398. The highest BCUT2D eigenvalue weighted by molar-refractivity contribution is 5.68. The van der Waals surface area contributed by atoms with Crippen LogP contribution in [0, 0.1) is 0 Å². The number of aliphatic hydroxyl groups is 2. The van der Waals surface area contributed by atoms with E-state index in [1.807, 2.05) is 0 Å². The molecular weight excluding hydrogens is 322 g/mol. The van der Waals surface area contributed by atoms with E-state index in [0.717, 1.165) is 0 Å². The first-order valence-corrected chi connectivity index (χ1v) is 7.05. The van der Waals surface area contributed by atoms with Gasteiger partial charge >= 0.3 is 0 Å². The standard InChI is InChI=1S/C12H13N7O5/c20-8-5(2-23-6-1-16-18-17-6)24-12(9(8)21)19-4-15-7-10(19)13-3-14-11(7)22/h1,3-5,8-9,12,20-21H,2H2,(H,13,14,22)(H,16,17,18)/t5-,8-,9-,12-/m1/s1. The van der Waals surface area contributed by atoms with E-state index in [9.17, 15) is 15.0 Å². The molecule has 0 amide bonds. The molecule has 4 heterocycles. The highest BCUT2D eigenvalue weighted by Gasteiger charge is 2.44. The summed E-state index contributed by atoms with van der Waals surface area (Å²) >= 11 is 0. The zero-order valence-corrected chi connectivity index (χ0v) is 12.1. The molecule has 3 aromatic heterocycles. The fourth-order valence-electron chi connectivity index (χ4n) is 2.57. The molecule has 126 valence electrons. The maximum Gasteiger partial charge on any atom is 0.278 e. The SMILES string of the molecule is O=c1[nH]cnc2c1ncn2[C@@H]1O[C@H](COc2cn[nH]n2)[C@@H](O)[C@H]1O. The highest BCUT2D eigenvalue weighted by atomic mass is 16.6. The summed E-state index contributed by atoms with van der Waals surface area (Å²) in [5, 5.41) is 30.1.